The van der Waals surface area contributed by atoms with Crippen LogP contribution in [0.1, 0.15) is 36.7 Å². The smallest absolute Gasteiger partial charge is 0.251 e. The normalized spacial score (nSPS) is 11.2. The summed E-state index contributed by atoms with van der Waals surface area (Å²) in [6.45, 7) is 6.61. The van der Waals surface area contributed by atoms with E-state index in [1.54, 1.807) is 30.5 Å². The fraction of sp³-hybridized carbons (Fsp3) is 0.333. The van der Waals surface area contributed by atoms with E-state index in [-0.39, 0.29) is 11.4 Å². The summed E-state index contributed by atoms with van der Waals surface area (Å²) in [5.74, 6) is 0.537. The van der Waals surface area contributed by atoms with Crippen molar-refractivity contribution in [1.82, 2.24) is 10.3 Å². The average Bonchev–Trinajstić information content (AvgIpc) is 2.48. The minimum absolute atomic E-state index is 0.118. The van der Waals surface area contributed by atoms with Crippen LogP contribution in [0.15, 0.2) is 36.5 Å². The number of rotatable bonds is 5. The van der Waals surface area contributed by atoms with Gasteiger partial charge in [-0.2, -0.15) is 0 Å². The first-order valence-corrected chi connectivity index (χ1v) is 8.46. The third-order valence-corrected chi connectivity index (χ3v) is 3.81. The summed E-state index contributed by atoms with van der Waals surface area (Å²) in [7, 11) is 0. The first-order chi connectivity index (χ1) is 11.2. The molecule has 0 saturated heterocycles. The highest BCUT2D eigenvalue weighted by molar-refractivity contribution is 6.35. The minimum Gasteiger partial charge on any atom is -0.365 e. The van der Waals surface area contributed by atoms with Crippen LogP contribution >= 0.6 is 23.2 Å². The first-order valence-electron chi connectivity index (χ1n) is 7.71. The van der Waals surface area contributed by atoms with Crippen LogP contribution < -0.4 is 10.6 Å². The van der Waals surface area contributed by atoms with Gasteiger partial charge in [0.25, 0.3) is 5.91 Å². The molecular formula is C18H21Cl2N3O. The molecule has 0 fully saturated rings. The minimum atomic E-state index is -0.139. The Kier molecular flexibility index (Phi) is 6.08. The highest BCUT2D eigenvalue weighted by atomic mass is 35.5. The summed E-state index contributed by atoms with van der Waals surface area (Å²) in [5, 5.41) is 7.35. The highest BCUT2D eigenvalue weighted by Crippen LogP contribution is 2.21. The number of hydrogen-bond acceptors (Lipinski definition) is 3. The van der Waals surface area contributed by atoms with E-state index >= 15 is 0 Å². The Hall–Kier alpha value is -1.78. The molecule has 0 radical (unpaired) electrons. The molecule has 1 heterocycles. The Balaban J connectivity index is 1.94. The monoisotopic (exact) mass is 365 g/mol. The van der Waals surface area contributed by atoms with Gasteiger partial charge in [-0.3, -0.25) is 4.79 Å². The maximum Gasteiger partial charge on any atom is 0.251 e. The lowest BCUT2D eigenvalue weighted by atomic mass is 10.1. The molecule has 0 aliphatic rings. The lowest BCUT2D eigenvalue weighted by Crippen LogP contribution is -2.28. The number of carbonyl (C=O) groups is 1. The summed E-state index contributed by atoms with van der Waals surface area (Å²) in [6, 6.07) is 8.80. The van der Waals surface area contributed by atoms with Gasteiger partial charge in [0, 0.05) is 33.9 Å². The second-order valence-corrected chi connectivity index (χ2v) is 7.39. The summed E-state index contributed by atoms with van der Waals surface area (Å²) in [5.41, 5.74) is 1.40. The Morgan fingerprint density at radius 3 is 2.58 bits per heavy atom. The van der Waals surface area contributed by atoms with Crippen LogP contribution in [0.5, 0.6) is 0 Å². The molecule has 0 aliphatic carbocycles. The predicted octanol–water partition coefficient (Wildman–Crippen LogP) is 4.57. The standard InChI is InChI=1S/C18H21Cl2N3O/c1-18(2,3)23-16-10-13(7-8-21-16)17(24)22-9-6-12-4-5-14(19)11-15(12)20/h4-5,7-8,10-11H,6,9H2,1-3H3,(H,21,23)(H,22,24). The molecule has 6 heteroatoms. The molecule has 2 rings (SSSR count). The van der Waals surface area contributed by atoms with Crippen molar-refractivity contribution in [1.29, 1.82) is 0 Å². The van der Waals surface area contributed by atoms with Crippen LogP contribution in [0.3, 0.4) is 0 Å². The third kappa shape index (κ3) is 5.69. The lowest BCUT2D eigenvalue weighted by Gasteiger charge is -2.21. The average molecular weight is 366 g/mol. The topological polar surface area (TPSA) is 54.0 Å². The van der Waals surface area contributed by atoms with Crippen molar-refractivity contribution in [2.24, 2.45) is 0 Å². The number of nitrogens with zero attached hydrogens (tertiary/aromatic N) is 1. The zero-order chi connectivity index (χ0) is 17.7. The zero-order valence-electron chi connectivity index (χ0n) is 14.0. The second kappa shape index (κ2) is 7.86. The van der Waals surface area contributed by atoms with Gasteiger partial charge in [-0.05, 0) is 57.0 Å². The van der Waals surface area contributed by atoms with Crippen LogP contribution in [0.4, 0.5) is 5.82 Å². The van der Waals surface area contributed by atoms with E-state index in [1.165, 1.54) is 0 Å². The van der Waals surface area contributed by atoms with Gasteiger partial charge in [0.1, 0.15) is 5.82 Å². The number of hydrogen-bond donors (Lipinski definition) is 2. The fourth-order valence-corrected chi connectivity index (χ4v) is 2.66. The number of halogens is 2. The van der Waals surface area contributed by atoms with Crippen molar-refractivity contribution in [3.05, 3.63) is 57.7 Å². The Bertz CT molecular complexity index is 726. The van der Waals surface area contributed by atoms with Gasteiger partial charge < -0.3 is 10.6 Å². The maximum absolute atomic E-state index is 12.3. The molecule has 24 heavy (non-hydrogen) atoms. The molecule has 0 bridgehead atoms. The molecule has 2 aromatic rings. The molecule has 0 aliphatic heterocycles. The van der Waals surface area contributed by atoms with E-state index in [4.69, 9.17) is 23.2 Å². The maximum atomic E-state index is 12.3. The molecule has 4 nitrogen and oxygen atoms in total. The second-order valence-electron chi connectivity index (χ2n) is 6.55. The van der Waals surface area contributed by atoms with Gasteiger partial charge in [-0.15, -0.1) is 0 Å². The number of nitrogens with one attached hydrogen (secondary N) is 2. The number of anilines is 1. The first kappa shape index (κ1) is 18.6. The van der Waals surface area contributed by atoms with Crippen molar-refractivity contribution < 1.29 is 4.79 Å². The number of benzene rings is 1. The van der Waals surface area contributed by atoms with Gasteiger partial charge in [0.2, 0.25) is 0 Å². The van der Waals surface area contributed by atoms with E-state index < -0.39 is 0 Å². The molecule has 0 unspecified atom stereocenters. The Morgan fingerprint density at radius 2 is 1.92 bits per heavy atom. The summed E-state index contributed by atoms with van der Waals surface area (Å²) >= 11 is 12.0. The van der Waals surface area contributed by atoms with Crippen molar-refractivity contribution in [3.63, 3.8) is 0 Å². The molecule has 2 N–H and O–H groups in total. The van der Waals surface area contributed by atoms with Gasteiger partial charge in [-0.1, -0.05) is 29.3 Å². The van der Waals surface area contributed by atoms with Crippen LogP contribution in [0.25, 0.3) is 0 Å². The molecule has 1 aromatic carbocycles. The molecule has 1 aromatic heterocycles. The van der Waals surface area contributed by atoms with E-state index in [1.807, 2.05) is 26.8 Å². The van der Waals surface area contributed by atoms with Crippen LogP contribution in [0, 0.1) is 0 Å². The molecule has 0 spiro atoms. The molecule has 0 saturated carbocycles. The van der Waals surface area contributed by atoms with Crippen molar-refractivity contribution in [2.45, 2.75) is 32.7 Å². The highest BCUT2D eigenvalue weighted by Gasteiger charge is 2.12. The van der Waals surface area contributed by atoms with Crippen molar-refractivity contribution in [2.75, 3.05) is 11.9 Å². The molecule has 0 atom stereocenters. The molecule has 128 valence electrons. The number of aromatic nitrogens is 1. The number of pyridine rings is 1. The number of amides is 1. The lowest BCUT2D eigenvalue weighted by molar-refractivity contribution is 0.0954. The van der Waals surface area contributed by atoms with Crippen LogP contribution in [-0.2, 0) is 6.42 Å². The van der Waals surface area contributed by atoms with Crippen LogP contribution in [-0.4, -0.2) is 23.0 Å². The van der Waals surface area contributed by atoms with Crippen molar-refractivity contribution >= 4 is 34.9 Å². The van der Waals surface area contributed by atoms with Gasteiger partial charge >= 0.3 is 0 Å². The molecule has 1 amide bonds. The Labute approximate surface area is 152 Å². The van der Waals surface area contributed by atoms with Gasteiger partial charge in [0.15, 0.2) is 0 Å². The van der Waals surface area contributed by atoms with E-state index in [0.717, 1.165) is 5.56 Å². The van der Waals surface area contributed by atoms with Crippen molar-refractivity contribution in [3.8, 4) is 0 Å². The fourth-order valence-electron chi connectivity index (χ4n) is 2.16. The predicted molar refractivity (Wildman–Crippen MR) is 100 cm³/mol. The van der Waals surface area contributed by atoms with Crippen LogP contribution in [0.2, 0.25) is 10.0 Å². The summed E-state index contributed by atoms with van der Waals surface area (Å²) < 4.78 is 0. The largest absolute Gasteiger partial charge is 0.365 e. The zero-order valence-corrected chi connectivity index (χ0v) is 15.5. The van der Waals surface area contributed by atoms with Gasteiger partial charge in [-0.25, -0.2) is 4.98 Å². The molecular weight excluding hydrogens is 345 g/mol. The van der Waals surface area contributed by atoms with Gasteiger partial charge in [0.05, 0.1) is 0 Å². The Morgan fingerprint density at radius 1 is 1.17 bits per heavy atom. The summed E-state index contributed by atoms with van der Waals surface area (Å²) in [4.78, 5) is 16.5. The third-order valence-electron chi connectivity index (χ3n) is 3.22. The quantitative estimate of drug-likeness (QED) is 0.815. The van der Waals surface area contributed by atoms with E-state index in [0.29, 0.717) is 34.4 Å². The number of carbonyl (C=O) groups excluding carboxylic acids is 1. The van der Waals surface area contributed by atoms with E-state index in [9.17, 15) is 4.79 Å². The van der Waals surface area contributed by atoms with E-state index in [2.05, 4.69) is 15.6 Å². The summed E-state index contributed by atoms with van der Waals surface area (Å²) in [6.07, 6.45) is 2.26. The SMILES string of the molecule is CC(C)(C)Nc1cc(C(=O)NCCc2ccc(Cl)cc2Cl)ccn1.